The number of anilines is 1. The first kappa shape index (κ1) is 10.7. The summed E-state index contributed by atoms with van der Waals surface area (Å²) in [5.41, 5.74) is 0.785. The molecule has 0 saturated carbocycles. The summed E-state index contributed by atoms with van der Waals surface area (Å²) in [7, 11) is 0. The van der Waals surface area contributed by atoms with Crippen LogP contribution < -0.4 is 4.72 Å². The summed E-state index contributed by atoms with van der Waals surface area (Å²) >= 11 is 1.30. The number of nitrogens with one attached hydrogen (secondary N) is 1. The molecule has 0 saturated heterocycles. The van der Waals surface area contributed by atoms with Gasteiger partial charge in [-0.2, -0.15) is 0 Å². The lowest BCUT2D eigenvalue weighted by Gasteiger charge is -2.06. The highest BCUT2D eigenvalue weighted by Crippen LogP contribution is 2.29. The van der Waals surface area contributed by atoms with Crippen LogP contribution in [-0.4, -0.2) is 10.2 Å². The van der Waals surface area contributed by atoms with Crippen molar-refractivity contribution in [2.75, 3.05) is 4.72 Å². The average molecular weight is 233 g/mol. The molecule has 0 bridgehead atoms. The number of hydrogen-bond acceptors (Lipinski definition) is 4. The third kappa shape index (κ3) is 2.61. The monoisotopic (exact) mass is 233 g/mol. The normalized spacial score (nSPS) is 10.0. The molecule has 0 aliphatic carbocycles. The highest BCUT2D eigenvalue weighted by atomic mass is 32.2. The average Bonchev–Trinajstić information content (AvgIpc) is 2.28. The summed E-state index contributed by atoms with van der Waals surface area (Å²) in [5.74, 6) is 0.447. The molecule has 4 heteroatoms. The van der Waals surface area contributed by atoms with E-state index in [4.69, 9.17) is 0 Å². The van der Waals surface area contributed by atoms with Crippen molar-refractivity contribution in [2.45, 2.75) is 4.90 Å². The van der Waals surface area contributed by atoms with Crippen LogP contribution in [0, 0.1) is 0 Å². The van der Waals surface area contributed by atoms with Crippen molar-refractivity contribution in [3.05, 3.63) is 48.5 Å². The quantitative estimate of drug-likeness (QED) is 0.712. The lowest BCUT2D eigenvalue weighted by molar-refractivity contribution is 0.462. The summed E-state index contributed by atoms with van der Waals surface area (Å²) in [6, 6.07) is 13.9. The summed E-state index contributed by atoms with van der Waals surface area (Å²) < 4.78 is 3.04. The Hall–Kier alpha value is -1.81. The van der Waals surface area contributed by atoms with Crippen LogP contribution in [0.25, 0.3) is 0 Å². The Balaban J connectivity index is 2.05. The Labute approximate surface area is 97.9 Å². The molecule has 2 rings (SSSR count). The largest absolute Gasteiger partial charge is 0.508 e. The Morgan fingerprint density at radius 2 is 1.75 bits per heavy atom. The fraction of sp³-hybridized carbons (Fsp3) is 0. The van der Waals surface area contributed by atoms with E-state index < -0.39 is 0 Å². The van der Waals surface area contributed by atoms with Crippen LogP contribution in [0.4, 0.5) is 5.69 Å². The van der Waals surface area contributed by atoms with Crippen LogP contribution in [-0.2, 0) is 0 Å². The molecule has 0 aliphatic rings. The fourth-order valence-corrected chi connectivity index (χ4v) is 1.90. The number of benzene rings is 2. The van der Waals surface area contributed by atoms with Crippen LogP contribution in [0.15, 0.2) is 53.4 Å². The number of hydrogen-bond donors (Lipinski definition) is 3. The van der Waals surface area contributed by atoms with E-state index in [0.717, 1.165) is 10.6 Å². The highest BCUT2D eigenvalue weighted by Gasteiger charge is 2.00. The molecular weight excluding hydrogens is 222 g/mol. The van der Waals surface area contributed by atoms with E-state index in [-0.39, 0.29) is 11.5 Å². The molecule has 2 aromatic rings. The Bertz CT molecular complexity index is 488. The lowest BCUT2D eigenvalue weighted by Crippen LogP contribution is -1.86. The lowest BCUT2D eigenvalue weighted by atomic mass is 10.3. The third-order valence-corrected chi connectivity index (χ3v) is 2.89. The van der Waals surface area contributed by atoms with Crippen molar-refractivity contribution in [3.8, 4) is 11.5 Å². The maximum Gasteiger partial charge on any atom is 0.130 e. The summed E-state index contributed by atoms with van der Waals surface area (Å²) in [6.07, 6.45) is 0. The molecule has 2 aromatic carbocycles. The molecule has 0 radical (unpaired) electrons. The second-order valence-electron chi connectivity index (χ2n) is 3.22. The molecule has 0 aromatic heterocycles. The van der Waals surface area contributed by atoms with Crippen molar-refractivity contribution < 1.29 is 10.2 Å². The van der Waals surface area contributed by atoms with Crippen LogP contribution in [0.3, 0.4) is 0 Å². The van der Waals surface area contributed by atoms with Crippen molar-refractivity contribution in [1.82, 2.24) is 0 Å². The van der Waals surface area contributed by atoms with E-state index in [1.165, 1.54) is 11.9 Å². The van der Waals surface area contributed by atoms with E-state index in [2.05, 4.69) is 4.72 Å². The van der Waals surface area contributed by atoms with Crippen LogP contribution >= 0.6 is 11.9 Å². The van der Waals surface area contributed by atoms with Gasteiger partial charge in [0.25, 0.3) is 0 Å². The van der Waals surface area contributed by atoms with Gasteiger partial charge in [-0.15, -0.1) is 0 Å². The van der Waals surface area contributed by atoms with Gasteiger partial charge in [0.05, 0.1) is 4.90 Å². The summed E-state index contributed by atoms with van der Waals surface area (Å²) in [4.78, 5) is 0.742. The first-order valence-electron chi connectivity index (χ1n) is 4.75. The van der Waals surface area contributed by atoms with Gasteiger partial charge in [-0.25, -0.2) is 0 Å². The standard InChI is InChI=1S/C12H11NO2S/c14-10-5-3-4-9(8-10)13-16-12-7-2-1-6-11(12)15/h1-8,13-15H. The first-order chi connectivity index (χ1) is 7.75. The predicted octanol–water partition coefficient (Wildman–Crippen LogP) is 3.22. The van der Waals surface area contributed by atoms with Gasteiger partial charge in [0.15, 0.2) is 0 Å². The maximum atomic E-state index is 9.53. The molecule has 0 spiro atoms. The second-order valence-corrected chi connectivity index (χ2v) is 4.07. The number of rotatable bonds is 3. The number of phenolic OH excluding ortho intramolecular Hbond substituents is 2. The zero-order valence-corrected chi connectivity index (χ0v) is 9.24. The van der Waals surface area contributed by atoms with E-state index in [1.807, 2.05) is 18.2 Å². The summed E-state index contributed by atoms with van der Waals surface area (Å²) in [6.45, 7) is 0. The third-order valence-electron chi connectivity index (χ3n) is 1.99. The minimum absolute atomic E-state index is 0.211. The first-order valence-corrected chi connectivity index (χ1v) is 5.57. The molecule has 0 fully saturated rings. The van der Waals surface area contributed by atoms with Gasteiger partial charge in [-0.1, -0.05) is 18.2 Å². The van der Waals surface area contributed by atoms with Crippen molar-refractivity contribution in [1.29, 1.82) is 0 Å². The van der Waals surface area contributed by atoms with E-state index in [9.17, 15) is 10.2 Å². The summed E-state index contributed by atoms with van der Waals surface area (Å²) in [5, 5.41) is 18.8. The second kappa shape index (κ2) is 4.81. The van der Waals surface area contributed by atoms with Crippen LogP contribution in [0.2, 0.25) is 0 Å². The van der Waals surface area contributed by atoms with E-state index in [0.29, 0.717) is 0 Å². The minimum Gasteiger partial charge on any atom is -0.508 e. The van der Waals surface area contributed by atoms with Gasteiger partial charge in [0.1, 0.15) is 11.5 Å². The molecule has 0 unspecified atom stereocenters. The molecule has 0 amide bonds. The van der Waals surface area contributed by atoms with Crippen molar-refractivity contribution >= 4 is 17.6 Å². The predicted molar refractivity (Wildman–Crippen MR) is 65.7 cm³/mol. The molecule has 0 aliphatic heterocycles. The highest BCUT2D eigenvalue weighted by molar-refractivity contribution is 8.00. The number of para-hydroxylation sites is 1. The minimum atomic E-state index is 0.211. The molecule has 0 atom stereocenters. The molecule has 3 N–H and O–H groups in total. The number of aromatic hydroxyl groups is 2. The smallest absolute Gasteiger partial charge is 0.130 e. The molecule has 82 valence electrons. The Kier molecular flexibility index (Phi) is 3.22. The Morgan fingerprint density at radius 3 is 2.50 bits per heavy atom. The molecule has 16 heavy (non-hydrogen) atoms. The fourth-order valence-electron chi connectivity index (χ4n) is 1.23. The van der Waals surface area contributed by atoms with Crippen LogP contribution in [0.5, 0.6) is 11.5 Å². The number of phenols is 2. The topological polar surface area (TPSA) is 52.5 Å². The van der Waals surface area contributed by atoms with Gasteiger partial charge in [0.2, 0.25) is 0 Å². The van der Waals surface area contributed by atoms with Crippen molar-refractivity contribution in [3.63, 3.8) is 0 Å². The van der Waals surface area contributed by atoms with Gasteiger partial charge >= 0.3 is 0 Å². The van der Waals surface area contributed by atoms with Gasteiger partial charge in [-0.3, -0.25) is 0 Å². The Morgan fingerprint density at radius 1 is 0.938 bits per heavy atom. The van der Waals surface area contributed by atoms with Gasteiger partial charge in [0, 0.05) is 11.8 Å². The molecule has 3 nitrogen and oxygen atoms in total. The zero-order valence-electron chi connectivity index (χ0n) is 8.42. The SMILES string of the molecule is Oc1cccc(NSc2ccccc2O)c1. The zero-order chi connectivity index (χ0) is 11.4. The maximum absolute atomic E-state index is 9.53. The van der Waals surface area contributed by atoms with Gasteiger partial charge in [-0.05, 0) is 36.2 Å². The van der Waals surface area contributed by atoms with Gasteiger partial charge < -0.3 is 14.9 Å². The van der Waals surface area contributed by atoms with Crippen LogP contribution in [0.1, 0.15) is 0 Å². The molecular formula is C12H11NO2S. The van der Waals surface area contributed by atoms with E-state index >= 15 is 0 Å². The van der Waals surface area contributed by atoms with E-state index in [1.54, 1.807) is 30.3 Å². The van der Waals surface area contributed by atoms with Crippen molar-refractivity contribution in [2.24, 2.45) is 0 Å². The molecule has 0 heterocycles.